The Kier molecular flexibility index (Phi) is 5.69. The number of allylic oxidation sites excluding steroid dienone is 2. The second-order valence-electron chi connectivity index (χ2n) is 7.34. The second kappa shape index (κ2) is 7.95. The molecule has 2 atom stereocenters. The van der Waals surface area contributed by atoms with Gasteiger partial charge in [-0.15, -0.1) is 0 Å². The van der Waals surface area contributed by atoms with Crippen molar-refractivity contribution in [2.24, 2.45) is 11.8 Å². The van der Waals surface area contributed by atoms with Crippen molar-refractivity contribution in [2.75, 3.05) is 6.54 Å². The minimum Gasteiger partial charge on any atom is -0.353 e. The molecule has 1 N–H and O–H groups in total. The smallest absolute Gasteiger partial charge is 0.233 e. The number of hydrogen-bond acceptors (Lipinski definition) is 3. The van der Waals surface area contributed by atoms with Crippen LogP contribution < -0.4 is 5.32 Å². The van der Waals surface area contributed by atoms with Crippen LogP contribution in [0.25, 0.3) is 0 Å². The molecule has 1 saturated carbocycles. The number of imide groups is 1. The molecule has 0 radical (unpaired) electrons. The van der Waals surface area contributed by atoms with Crippen LogP contribution in [0.1, 0.15) is 64.2 Å². The third-order valence-electron chi connectivity index (χ3n) is 5.60. The highest BCUT2D eigenvalue weighted by Gasteiger charge is 2.46. The summed E-state index contributed by atoms with van der Waals surface area (Å²) in [4.78, 5) is 38.2. The summed E-state index contributed by atoms with van der Waals surface area (Å²) in [5.41, 5.74) is 0. The number of likely N-dealkylation sites (tertiary alicyclic amines) is 1. The molecule has 0 spiro atoms. The Morgan fingerprint density at radius 2 is 1.58 bits per heavy atom. The van der Waals surface area contributed by atoms with E-state index in [1.807, 2.05) is 12.2 Å². The van der Waals surface area contributed by atoms with E-state index in [-0.39, 0.29) is 29.6 Å². The van der Waals surface area contributed by atoms with E-state index in [2.05, 4.69) is 5.32 Å². The minimum atomic E-state index is -0.165. The maximum absolute atomic E-state index is 12.4. The van der Waals surface area contributed by atoms with E-state index in [0.717, 1.165) is 12.8 Å². The van der Waals surface area contributed by atoms with Crippen molar-refractivity contribution in [3.05, 3.63) is 12.2 Å². The van der Waals surface area contributed by atoms with Gasteiger partial charge in [-0.2, -0.15) is 0 Å². The zero-order valence-electron chi connectivity index (χ0n) is 14.3. The molecule has 2 fully saturated rings. The van der Waals surface area contributed by atoms with E-state index < -0.39 is 0 Å². The van der Waals surface area contributed by atoms with Crippen molar-refractivity contribution in [1.29, 1.82) is 0 Å². The number of fused-ring (bicyclic) bond motifs is 1. The standard InChI is InChI=1S/C19H28N2O3/c22-17(20-14-8-3-1-2-4-9-14)12-7-13-21-18(23)15-10-5-6-11-16(15)19(21)24/h5-6,14-16H,1-4,7-13H2,(H,20,22). The molecule has 3 rings (SSSR count). The highest BCUT2D eigenvalue weighted by Crippen LogP contribution is 2.35. The lowest BCUT2D eigenvalue weighted by Crippen LogP contribution is -2.36. The molecule has 0 aromatic heterocycles. The summed E-state index contributed by atoms with van der Waals surface area (Å²) >= 11 is 0. The number of carbonyl (C=O) groups is 3. The van der Waals surface area contributed by atoms with Gasteiger partial charge in [0.15, 0.2) is 0 Å². The molecule has 1 aliphatic heterocycles. The third-order valence-corrected chi connectivity index (χ3v) is 5.60. The Bertz CT molecular complexity index is 495. The first kappa shape index (κ1) is 17.2. The van der Waals surface area contributed by atoms with Gasteiger partial charge in [0.2, 0.25) is 17.7 Å². The van der Waals surface area contributed by atoms with Gasteiger partial charge in [0.25, 0.3) is 0 Å². The van der Waals surface area contributed by atoms with Crippen molar-refractivity contribution in [2.45, 2.75) is 70.3 Å². The van der Waals surface area contributed by atoms with Gasteiger partial charge >= 0.3 is 0 Å². The molecule has 24 heavy (non-hydrogen) atoms. The summed E-state index contributed by atoms with van der Waals surface area (Å²) in [7, 11) is 0. The first-order valence-electron chi connectivity index (χ1n) is 9.46. The van der Waals surface area contributed by atoms with Gasteiger partial charge in [-0.25, -0.2) is 0 Å². The molecule has 2 unspecified atom stereocenters. The van der Waals surface area contributed by atoms with Crippen LogP contribution in [0.4, 0.5) is 0 Å². The first-order chi connectivity index (χ1) is 11.7. The van der Waals surface area contributed by atoms with Crippen LogP contribution in [0.5, 0.6) is 0 Å². The topological polar surface area (TPSA) is 66.5 Å². The predicted octanol–water partition coefficient (Wildman–Crippen LogP) is 2.56. The summed E-state index contributed by atoms with van der Waals surface area (Å²) < 4.78 is 0. The van der Waals surface area contributed by atoms with E-state index in [0.29, 0.717) is 38.3 Å². The normalized spacial score (nSPS) is 27.9. The first-order valence-corrected chi connectivity index (χ1v) is 9.46. The van der Waals surface area contributed by atoms with Gasteiger partial charge < -0.3 is 5.32 Å². The third kappa shape index (κ3) is 3.87. The van der Waals surface area contributed by atoms with Crippen LogP contribution in [-0.4, -0.2) is 35.2 Å². The molecule has 3 amide bonds. The second-order valence-corrected chi connectivity index (χ2v) is 7.34. The van der Waals surface area contributed by atoms with Crippen LogP contribution in [-0.2, 0) is 14.4 Å². The predicted molar refractivity (Wildman–Crippen MR) is 90.9 cm³/mol. The summed E-state index contributed by atoms with van der Waals surface area (Å²) in [6.07, 6.45) is 13.4. The lowest BCUT2D eigenvalue weighted by molar-refractivity contribution is -0.140. The Morgan fingerprint density at radius 3 is 2.17 bits per heavy atom. The lowest BCUT2D eigenvalue weighted by atomic mass is 9.85. The van der Waals surface area contributed by atoms with Gasteiger partial charge in [0.05, 0.1) is 11.8 Å². The highest BCUT2D eigenvalue weighted by atomic mass is 16.2. The monoisotopic (exact) mass is 332 g/mol. The molecule has 1 heterocycles. The summed E-state index contributed by atoms with van der Waals surface area (Å²) in [5, 5.41) is 3.12. The zero-order valence-corrected chi connectivity index (χ0v) is 14.3. The van der Waals surface area contributed by atoms with Gasteiger partial charge in [0.1, 0.15) is 0 Å². The van der Waals surface area contributed by atoms with Crippen LogP contribution in [0.2, 0.25) is 0 Å². The van der Waals surface area contributed by atoms with Crippen molar-refractivity contribution in [3.8, 4) is 0 Å². The Labute approximate surface area is 143 Å². The molecule has 3 aliphatic rings. The quantitative estimate of drug-likeness (QED) is 0.478. The van der Waals surface area contributed by atoms with Crippen LogP contribution in [0.3, 0.4) is 0 Å². The summed E-state index contributed by atoms with van der Waals surface area (Å²) in [6, 6.07) is 0.309. The SMILES string of the molecule is O=C(CCCN1C(=O)C2CC=CCC2C1=O)NC1CCCCCC1. The number of nitrogens with one attached hydrogen (secondary N) is 1. The van der Waals surface area contributed by atoms with Gasteiger partial charge in [-0.1, -0.05) is 37.8 Å². The number of carbonyl (C=O) groups excluding carboxylic acids is 3. The van der Waals surface area contributed by atoms with Crippen LogP contribution >= 0.6 is 0 Å². The number of amides is 3. The largest absolute Gasteiger partial charge is 0.353 e. The van der Waals surface area contributed by atoms with Crippen molar-refractivity contribution < 1.29 is 14.4 Å². The molecule has 1 saturated heterocycles. The summed E-state index contributed by atoms with van der Waals surface area (Å²) in [5.74, 6) is -0.359. The fraction of sp³-hybridized carbons (Fsp3) is 0.737. The maximum atomic E-state index is 12.4. The van der Waals surface area contributed by atoms with Crippen LogP contribution in [0, 0.1) is 11.8 Å². The highest BCUT2D eigenvalue weighted by molar-refractivity contribution is 6.05. The van der Waals surface area contributed by atoms with Crippen molar-refractivity contribution in [1.82, 2.24) is 10.2 Å². The number of rotatable bonds is 5. The fourth-order valence-corrected chi connectivity index (χ4v) is 4.21. The van der Waals surface area contributed by atoms with Gasteiger partial charge in [-0.05, 0) is 32.1 Å². The summed E-state index contributed by atoms with van der Waals surface area (Å²) in [6.45, 7) is 0.378. The van der Waals surface area contributed by atoms with E-state index in [1.54, 1.807) is 0 Å². The van der Waals surface area contributed by atoms with E-state index in [4.69, 9.17) is 0 Å². The Balaban J connectivity index is 1.42. The Morgan fingerprint density at radius 1 is 1.00 bits per heavy atom. The van der Waals surface area contributed by atoms with E-state index in [1.165, 1.54) is 30.6 Å². The Hall–Kier alpha value is -1.65. The van der Waals surface area contributed by atoms with Gasteiger partial charge in [0, 0.05) is 19.0 Å². The molecule has 0 aromatic carbocycles. The average molecular weight is 332 g/mol. The van der Waals surface area contributed by atoms with Crippen molar-refractivity contribution in [3.63, 3.8) is 0 Å². The number of hydrogen-bond donors (Lipinski definition) is 1. The van der Waals surface area contributed by atoms with E-state index >= 15 is 0 Å². The van der Waals surface area contributed by atoms with Crippen LogP contribution in [0.15, 0.2) is 12.2 Å². The number of nitrogens with zero attached hydrogens (tertiary/aromatic N) is 1. The fourth-order valence-electron chi connectivity index (χ4n) is 4.21. The molecule has 132 valence electrons. The molecule has 0 bridgehead atoms. The molecule has 0 aromatic rings. The van der Waals surface area contributed by atoms with Crippen molar-refractivity contribution >= 4 is 17.7 Å². The molecular formula is C19H28N2O3. The molecular weight excluding hydrogens is 304 g/mol. The average Bonchev–Trinajstić information content (AvgIpc) is 2.77. The molecule has 5 nitrogen and oxygen atoms in total. The minimum absolute atomic E-state index is 0.0430. The van der Waals surface area contributed by atoms with E-state index in [9.17, 15) is 14.4 Å². The molecule has 2 aliphatic carbocycles. The lowest BCUT2D eigenvalue weighted by Gasteiger charge is -2.17. The van der Waals surface area contributed by atoms with Gasteiger partial charge in [-0.3, -0.25) is 19.3 Å². The zero-order chi connectivity index (χ0) is 16.9. The maximum Gasteiger partial charge on any atom is 0.233 e. The molecule has 5 heteroatoms.